The number of nitrogens with one attached hydrogen (secondary N) is 1. The van der Waals surface area contributed by atoms with E-state index >= 15 is 0 Å². The van der Waals surface area contributed by atoms with E-state index in [1.54, 1.807) is 18.2 Å². The second-order valence-electron chi connectivity index (χ2n) is 7.49. The summed E-state index contributed by atoms with van der Waals surface area (Å²) in [4.78, 5) is 13.3. The molecular weight excluding hydrogens is 500 g/mol. The van der Waals surface area contributed by atoms with Crippen LogP contribution >= 0.6 is 27.5 Å². The van der Waals surface area contributed by atoms with Crippen molar-refractivity contribution in [1.82, 2.24) is 19.6 Å². The van der Waals surface area contributed by atoms with Crippen LogP contribution in [0.1, 0.15) is 5.56 Å². The molecule has 0 aliphatic heterocycles. The van der Waals surface area contributed by atoms with Gasteiger partial charge in [0.1, 0.15) is 0 Å². The number of hydrogen-bond acceptors (Lipinski definition) is 2. The second-order valence-corrected chi connectivity index (χ2v) is 8.84. The van der Waals surface area contributed by atoms with Gasteiger partial charge in [0.15, 0.2) is 0 Å². The van der Waals surface area contributed by atoms with Gasteiger partial charge in [0.05, 0.1) is 27.6 Å². The smallest absolute Gasteiger partial charge is 0.279 e. The summed E-state index contributed by atoms with van der Waals surface area (Å²) in [5, 5.41) is 9.39. The Hall–Kier alpha value is -3.61. The lowest BCUT2D eigenvalue weighted by Gasteiger charge is -2.01. The molecule has 5 rings (SSSR count). The fourth-order valence-electron chi connectivity index (χ4n) is 3.63. The van der Waals surface area contributed by atoms with E-state index in [0.717, 1.165) is 27.0 Å². The van der Waals surface area contributed by atoms with Crippen LogP contribution in [-0.2, 0) is 0 Å². The minimum absolute atomic E-state index is 0.212. The van der Waals surface area contributed by atoms with Crippen molar-refractivity contribution in [3.8, 4) is 22.6 Å². The molecule has 0 aliphatic rings. The zero-order valence-electron chi connectivity index (χ0n) is 17.4. The van der Waals surface area contributed by atoms with E-state index in [-0.39, 0.29) is 5.56 Å². The fourth-order valence-corrected chi connectivity index (χ4v) is 4.08. The number of para-hydroxylation sites is 1. The van der Waals surface area contributed by atoms with E-state index in [0.29, 0.717) is 21.3 Å². The third kappa shape index (κ3) is 4.23. The van der Waals surface area contributed by atoms with Gasteiger partial charge < -0.3 is 0 Å². The first-order valence-electron chi connectivity index (χ1n) is 10.2. The quantitative estimate of drug-likeness (QED) is 0.377. The van der Waals surface area contributed by atoms with Gasteiger partial charge in [-0.05, 0) is 48.5 Å². The molecule has 7 heteroatoms. The summed E-state index contributed by atoms with van der Waals surface area (Å²) >= 11 is 9.60. The van der Waals surface area contributed by atoms with Crippen molar-refractivity contribution in [2.75, 3.05) is 0 Å². The van der Waals surface area contributed by atoms with Crippen molar-refractivity contribution in [1.29, 1.82) is 0 Å². The molecule has 3 aromatic carbocycles. The van der Waals surface area contributed by atoms with Gasteiger partial charge in [0.25, 0.3) is 5.56 Å². The van der Waals surface area contributed by atoms with Crippen molar-refractivity contribution in [2.24, 2.45) is 0 Å². The lowest BCUT2D eigenvalue weighted by Crippen LogP contribution is -2.34. The van der Waals surface area contributed by atoms with Crippen LogP contribution in [0.15, 0.2) is 94.3 Å². The summed E-state index contributed by atoms with van der Waals surface area (Å²) in [5.74, 6) is 0. The lowest BCUT2D eigenvalue weighted by atomic mass is 10.1. The molecule has 0 radical (unpaired) electrons. The first-order valence-corrected chi connectivity index (χ1v) is 11.4. The van der Waals surface area contributed by atoms with E-state index in [1.807, 2.05) is 77.6 Å². The number of nitrogens with zero attached hydrogens (tertiary/aromatic N) is 3. The van der Waals surface area contributed by atoms with Crippen molar-refractivity contribution in [3.05, 3.63) is 121 Å². The molecule has 1 N–H and O–H groups in total. The predicted molar refractivity (Wildman–Crippen MR) is 136 cm³/mol. The van der Waals surface area contributed by atoms with Gasteiger partial charge in [0.2, 0.25) is 0 Å². The summed E-state index contributed by atoms with van der Waals surface area (Å²) in [5.41, 5.74) is 3.87. The number of aromatic nitrogens is 4. The number of rotatable bonds is 4. The van der Waals surface area contributed by atoms with Crippen LogP contribution in [-0.4, -0.2) is 19.6 Å². The average molecular weight is 518 g/mol. The molecule has 0 unspecified atom stereocenters. The first kappa shape index (κ1) is 21.2. The maximum absolute atomic E-state index is 13.3. The highest BCUT2D eigenvalue weighted by Crippen LogP contribution is 2.25. The largest absolute Gasteiger partial charge is 0.291 e. The molecule has 0 aliphatic carbocycles. The van der Waals surface area contributed by atoms with Gasteiger partial charge in [-0.1, -0.05) is 70.5 Å². The molecular formula is C26H18BrClN4O. The van der Waals surface area contributed by atoms with E-state index in [1.165, 1.54) is 4.68 Å². The Morgan fingerprint density at radius 3 is 2.42 bits per heavy atom. The van der Waals surface area contributed by atoms with Crippen LogP contribution in [0.3, 0.4) is 0 Å². The van der Waals surface area contributed by atoms with Crippen LogP contribution in [0.25, 0.3) is 35.3 Å². The van der Waals surface area contributed by atoms with Crippen molar-refractivity contribution < 1.29 is 0 Å². The molecule has 0 atom stereocenters. The van der Waals surface area contributed by atoms with Crippen LogP contribution in [0.2, 0.25) is 5.02 Å². The molecule has 5 nitrogen and oxygen atoms in total. The molecule has 0 amide bonds. The molecule has 0 saturated heterocycles. The van der Waals surface area contributed by atoms with Gasteiger partial charge in [0, 0.05) is 26.8 Å². The van der Waals surface area contributed by atoms with Crippen molar-refractivity contribution >= 4 is 40.2 Å². The SMILES string of the molecule is C=c1[nH]n(-c2cccc(Cl)c2)c(=O)/c1=C\c1cn(-c2ccccc2)nc1-c1ccc(Br)cc1. The zero-order valence-corrected chi connectivity index (χ0v) is 19.7. The van der Waals surface area contributed by atoms with Gasteiger partial charge in [-0.15, -0.1) is 0 Å². The van der Waals surface area contributed by atoms with Crippen LogP contribution in [0.4, 0.5) is 0 Å². The minimum Gasteiger partial charge on any atom is -0.291 e. The normalized spacial score (nSPS) is 11.8. The molecule has 0 spiro atoms. The highest BCUT2D eigenvalue weighted by Gasteiger charge is 2.13. The van der Waals surface area contributed by atoms with E-state index in [9.17, 15) is 4.79 Å². The highest BCUT2D eigenvalue weighted by atomic mass is 79.9. The third-order valence-electron chi connectivity index (χ3n) is 5.25. The fraction of sp³-hybridized carbons (Fsp3) is 0. The van der Waals surface area contributed by atoms with Crippen molar-refractivity contribution in [3.63, 3.8) is 0 Å². The van der Waals surface area contributed by atoms with Gasteiger partial charge >= 0.3 is 0 Å². The van der Waals surface area contributed by atoms with Crippen LogP contribution in [0.5, 0.6) is 0 Å². The summed E-state index contributed by atoms with van der Waals surface area (Å²) < 4.78 is 4.24. The standard InChI is InChI=1S/C26H18BrClN4O/c1-17-24(26(33)32(29-17)23-9-5-6-21(28)15-23)14-19-16-31(22-7-3-2-4-8-22)30-25(19)18-10-12-20(27)13-11-18/h2-16,29H,1H2/b24-14-. The first-order chi connectivity index (χ1) is 16.0. The Balaban J connectivity index is 1.71. The number of H-pyrrole nitrogens is 1. The molecule has 2 aromatic heterocycles. The molecule has 0 fully saturated rings. The van der Waals surface area contributed by atoms with Crippen LogP contribution in [0, 0.1) is 0 Å². The Bertz CT molecular complexity index is 1620. The molecule has 33 heavy (non-hydrogen) atoms. The summed E-state index contributed by atoms with van der Waals surface area (Å²) in [6, 6.07) is 24.9. The Morgan fingerprint density at radius 2 is 1.70 bits per heavy atom. The predicted octanol–water partition coefficient (Wildman–Crippen LogP) is 4.67. The van der Waals surface area contributed by atoms with E-state index in [4.69, 9.17) is 16.7 Å². The summed E-state index contributed by atoms with van der Waals surface area (Å²) in [7, 11) is 0. The minimum atomic E-state index is -0.212. The number of halogens is 2. The second kappa shape index (κ2) is 8.73. The zero-order chi connectivity index (χ0) is 22.9. The monoisotopic (exact) mass is 516 g/mol. The Labute approximate surface area is 203 Å². The van der Waals surface area contributed by atoms with Crippen LogP contribution < -0.4 is 16.1 Å². The number of aromatic amines is 1. The van der Waals surface area contributed by atoms with E-state index < -0.39 is 0 Å². The molecule has 0 saturated carbocycles. The molecule has 0 bridgehead atoms. The topological polar surface area (TPSA) is 55.6 Å². The summed E-state index contributed by atoms with van der Waals surface area (Å²) in [6.45, 7) is 4.05. The van der Waals surface area contributed by atoms with Gasteiger partial charge in [-0.3, -0.25) is 9.89 Å². The summed E-state index contributed by atoms with van der Waals surface area (Å²) in [6.07, 6.45) is 3.74. The van der Waals surface area contributed by atoms with E-state index in [2.05, 4.69) is 27.6 Å². The van der Waals surface area contributed by atoms with Gasteiger partial charge in [-0.25, -0.2) is 9.36 Å². The molecule has 2 heterocycles. The molecule has 162 valence electrons. The number of hydrogen-bond donors (Lipinski definition) is 1. The number of benzene rings is 3. The van der Waals surface area contributed by atoms with Crippen molar-refractivity contribution in [2.45, 2.75) is 0 Å². The highest BCUT2D eigenvalue weighted by molar-refractivity contribution is 9.10. The Kier molecular flexibility index (Phi) is 5.62. The maximum Gasteiger partial charge on any atom is 0.279 e. The van der Waals surface area contributed by atoms with Gasteiger partial charge in [-0.2, -0.15) is 5.10 Å². The average Bonchev–Trinajstić information content (AvgIpc) is 3.37. The lowest BCUT2D eigenvalue weighted by molar-refractivity contribution is 0.838. The maximum atomic E-state index is 13.3. The molecule has 5 aromatic rings. The Morgan fingerprint density at radius 1 is 0.970 bits per heavy atom. The third-order valence-corrected chi connectivity index (χ3v) is 6.02.